The first-order valence-corrected chi connectivity index (χ1v) is 9.64. The summed E-state index contributed by atoms with van der Waals surface area (Å²) in [7, 11) is 1.67. The van der Waals surface area contributed by atoms with Crippen LogP contribution in [0.1, 0.15) is 25.3 Å². The molecule has 150 valence electrons. The van der Waals surface area contributed by atoms with Gasteiger partial charge in [-0.05, 0) is 44.0 Å². The number of nitriles is 1. The second kappa shape index (κ2) is 9.20. The third-order valence-electron chi connectivity index (χ3n) is 5.14. The van der Waals surface area contributed by atoms with E-state index < -0.39 is 6.10 Å². The molecular weight excluding hydrogens is 368 g/mol. The summed E-state index contributed by atoms with van der Waals surface area (Å²) in [6, 6.07) is 14.9. The lowest BCUT2D eigenvalue weighted by atomic mass is 9.97. The molecule has 1 unspecified atom stereocenters. The molecule has 1 aromatic carbocycles. The minimum Gasteiger partial charge on any atom is -0.452 e. The number of hydrogen-bond acceptors (Lipinski definition) is 6. The van der Waals surface area contributed by atoms with Gasteiger partial charge in [-0.15, -0.1) is 0 Å². The van der Waals surface area contributed by atoms with Crippen molar-refractivity contribution in [2.75, 3.05) is 29.9 Å². The predicted octanol–water partition coefficient (Wildman–Crippen LogP) is 2.76. The molecule has 0 aliphatic carbocycles. The average Bonchev–Trinajstić information content (AvgIpc) is 2.78. The van der Waals surface area contributed by atoms with Gasteiger partial charge in [-0.1, -0.05) is 18.2 Å². The molecule has 0 N–H and O–H groups in total. The van der Waals surface area contributed by atoms with Gasteiger partial charge in [0.25, 0.3) is 5.91 Å². The molecule has 0 bridgehead atoms. The zero-order valence-electron chi connectivity index (χ0n) is 16.6. The quantitative estimate of drug-likeness (QED) is 0.727. The summed E-state index contributed by atoms with van der Waals surface area (Å²) >= 11 is 0. The van der Waals surface area contributed by atoms with Crippen molar-refractivity contribution in [2.24, 2.45) is 5.92 Å². The van der Waals surface area contributed by atoms with E-state index in [1.54, 1.807) is 26.2 Å². The number of pyridine rings is 1. The Morgan fingerprint density at radius 2 is 1.90 bits per heavy atom. The minimum absolute atomic E-state index is 0.234. The van der Waals surface area contributed by atoms with Gasteiger partial charge in [-0.25, -0.2) is 4.98 Å². The lowest BCUT2D eigenvalue weighted by Gasteiger charge is -2.32. The van der Waals surface area contributed by atoms with Crippen molar-refractivity contribution >= 4 is 23.4 Å². The molecule has 3 rings (SSSR count). The Hall–Kier alpha value is -3.40. The highest BCUT2D eigenvalue weighted by Crippen LogP contribution is 2.23. The molecule has 1 atom stereocenters. The van der Waals surface area contributed by atoms with Crippen molar-refractivity contribution in [3.8, 4) is 6.07 Å². The van der Waals surface area contributed by atoms with Crippen LogP contribution >= 0.6 is 0 Å². The van der Waals surface area contributed by atoms with Crippen LogP contribution in [0.5, 0.6) is 0 Å². The van der Waals surface area contributed by atoms with Crippen LogP contribution in [0.4, 0.5) is 11.5 Å². The number of nitrogens with zero attached hydrogens (tertiary/aromatic N) is 4. The number of piperidine rings is 1. The molecular formula is C22H24N4O3. The topological polar surface area (TPSA) is 86.5 Å². The van der Waals surface area contributed by atoms with Crippen molar-refractivity contribution in [1.29, 1.82) is 5.26 Å². The van der Waals surface area contributed by atoms with E-state index in [0.29, 0.717) is 31.5 Å². The molecule has 2 heterocycles. The van der Waals surface area contributed by atoms with Crippen LogP contribution in [0.15, 0.2) is 48.7 Å². The van der Waals surface area contributed by atoms with Crippen LogP contribution in [0.3, 0.4) is 0 Å². The predicted molar refractivity (Wildman–Crippen MR) is 109 cm³/mol. The van der Waals surface area contributed by atoms with E-state index in [2.05, 4.69) is 16.0 Å². The van der Waals surface area contributed by atoms with Crippen molar-refractivity contribution in [3.05, 3.63) is 54.2 Å². The zero-order valence-corrected chi connectivity index (χ0v) is 16.6. The fourth-order valence-electron chi connectivity index (χ4n) is 3.36. The number of rotatable bonds is 5. The van der Waals surface area contributed by atoms with E-state index in [1.807, 2.05) is 36.4 Å². The van der Waals surface area contributed by atoms with Gasteiger partial charge in [0.2, 0.25) is 0 Å². The van der Waals surface area contributed by atoms with Crippen molar-refractivity contribution in [1.82, 2.24) is 4.98 Å². The lowest BCUT2D eigenvalue weighted by Crippen LogP contribution is -2.41. The molecule has 7 nitrogen and oxygen atoms in total. The number of carbonyl (C=O) groups is 2. The third-order valence-corrected chi connectivity index (χ3v) is 5.14. The normalized spacial score (nSPS) is 15.3. The monoisotopic (exact) mass is 392 g/mol. The van der Waals surface area contributed by atoms with Crippen LogP contribution in [0.2, 0.25) is 0 Å². The molecule has 1 aliphatic heterocycles. The van der Waals surface area contributed by atoms with Crippen LogP contribution < -0.4 is 9.80 Å². The van der Waals surface area contributed by atoms with Crippen molar-refractivity contribution in [2.45, 2.75) is 25.9 Å². The maximum atomic E-state index is 12.6. The molecule has 1 saturated heterocycles. The van der Waals surface area contributed by atoms with E-state index in [9.17, 15) is 9.59 Å². The van der Waals surface area contributed by atoms with Crippen LogP contribution in [-0.2, 0) is 14.3 Å². The molecule has 0 spiro atoms. The van der Waals surface area contributed by atoms with Crippen LogP contribution in [0, 0.1) is 17.2 Å². The highest BCUT2D eigenvalue weighted by atomic mass is 16.5. The van der Waals surface area contributed by atoms with E-state index in [4.69, 9.17) is 10.00 Å². The van der Waals surface area contributed by atoms with E-state index in [1.165, 1.54) is 4.90 Å². The summed E-state index contributed by atoms with van der Waals surface area (Å²) in [5, 5.41) is 8.86. The van der Waals surface area contributed by atoms with Gasteiger partial charge in [0, 0.05) is 32.0 Å². The molecule has 0 radical (unpaired) electrons. The van der Waals surface area contributed by atoms with E-state index in [-0.39, 0.29) is 17.8 Å². The standard InChI is InChI=1S/C22H24N4O3/c1-16(21(27)25(2)19-6-4-3-5-7-19)29-22(28)18-10-12-26(13-11-18)20-9-8-17(14-23)15-24-20/h3-9,15-16,18H,10-13H2,1-2H3. The maximum absolute atomic E-state index is 12.6. The third kappa shape index (κ3) is 4.91. The Morgan fingerprint density at radius 1 is 1.21 bits per heavy atom. The van der Waals surface area contributed by atoms with Gasteiger partial charge in [0.05, 0.1) is 11.5 Å². The summed E-state index contributed by atoms with van der Waals surface area (Å²) in [5.41, 5.74) is 1.27. The molecule has 1 aromatic heterocycles. The molecule has 1 amide bonds. The summed E-state index contributed by atoms with van der Waals surface area (Å²) in [4.78, 5) is 33.0. The van der Waals surface area contributed by atoms with Crippen LogP contribution in [0.25, 0.3) is 0 Å². The largest absolute Gasteiger partial charge is 0.452 e. The molecule has 29 heavy (non-hydrogen) atoms. The highest BCUT2D eigenvalue weighted by Gasteiger charge is 2.30. The zero-order chi connectivity index (χ0) is 20.8. The fraction of sp³-hybridized carbons (Fsp3) is 0.364. The summed E-state index contributed by atoms with van der Waals surface area (Å²) in [6.07, 6.45) is 1.98. The van der Waals surface area contributed by atoms with Gasteiger partial charge in [-0.2, -0.15) is 5.26 Å². The molecule has 2 aromatic rings. The average molecular weight is 392 g/mol. The Balaban J connectivity index is 1.51. The van der Waals surface area contributed by atoms with Gasteiger partial charge >= 0.3 is 5.97 Å². The number of likely N-dealkylation sites (N-methyl/N-ethyl adjacent to an activating group) is 1. The lowest BCUT2D eigenvalue weighted by molar-refractivity contribution is -0.158. The Bertz CT molecular complexity index is 885. The first-order valence-electron chi connectivity index (χ1n) is 9.64. The number of hydrogen-bond donors (Lipinski definition) is 0. The number of benzene rings is 1. The number of esters is 1. The number of anilines is 2. The van der Waals surface area contributed by atoms with Crippen molar-refractivity contribution < 1.29 is 14.3 Å². The van der Waals surface area contributed by atoms with Gasteiger partial charge < -0.3 is 14.5 Å². The second-order valence-corrected chi connectivity index (χ2v) is 7.09. The number of aromatic nitrogens is 1. The van der Waals surface area contributed by atoms with Gasteiger partial charge in [-0.3, -0.25) is 9.59 Å². The molecule has 0 saturated carbocycles. The number of amides is 1. The first kappa shape index (κ1) is 20.3. The van der Waals surface area contributed by atoms with E-state index in [0.717, 1.165) is 11.5 Å². The SMILES string of the molecule is CC(OC(=O)C1CCN(c2ccc(C#N)cn2)CC1)C(=O)N(C)c1ccccc1. The number of ether oxygens (including phenoxy) is 1. The summed E-state index contributed by atoms with van der Waals surface area (Å²) in [6.45, 7) is 2.95. The van der Waals surface area contributed by atoms with Gasteiger partial charge in [0.1, 0.15) is 11.9 Å². The molecule has 1 fully saturated rings. The second-order valence-electron chi connectivity index (χ2n) is 7.09. The fourth-order valence-corrected chi connectivity index (χ4v) is 3.36. The number of carbonyl (C=O) groups excluding carboxylic acids is 2. The number of para-hydroxylation sites is 1. The summed E-state index contributed by atoms with van der Waals surface area (Å²) < 4.78 is 5.47. The van der Waals surface area contributed by atoms with E-state index >= 15 is 0 Å². The molecule has 7 heteroatoms. The Morgan fingerprint density at radius 3 is 2.48 bits per heavy atom. The Kier molecular flexibility index (Phi) is 6.45. The summed E-state index contributed by atoms with van der Waals surface area (Å²) in [5.74, 6) is -0.0331. The molecule has 1 aliphatic rings. The smallest absolute Gasteiger partial charge is 0.309 e. The Labute approximate surface area is 170 Å². The van der Waals surface area contributed by atoms with Crippen LogP contribution in [-0.4, -0.2) is 43.1 Å². The minimum atomic E-state index is -0.842. The van der Waals surface area contributed by atoms with Crippen molar-refractivity contribution in [3.63, 3.8) is 0 Å². The maximum Gasteiger partial charge on any atom is 0.309 e. The highest BCUT2D eigenvalue weighted by molar-refractivity contribution is 5.96. The first-order chi connectivity index (χ1) is 14.0. The van der Waals surface area contributed by atoms with Gasteiger partial charge in [0.15, 0.2) is 6.10 Å².